The smallest absolute Gasteiger partial charge is 0.269 e. The molecule has 0 bridgehead atoms. The zero-order valence-corrected chi connectivity index (χ0v) is 13.7. The number of aldehydes is 1. The van der Waals surface area contributed by atoms with Gasteiger partial charge in [0.25, 0.3) is 5.69 Å². The second kappa shape index (κ2) is 7.61. The summed E-state index contributed by atoms with van der Waals surface area (Å²) < 4.78 is 10.4. The maximum Gasteiger partial charge on any atom is 0.269 e. The lowest BCUT2D eigenvalue weighted by atomic mass is 10.0. The molecule has 124 valence electrons. The molecule has 0 spiro atoms. The molecule has 0 aliphatic rings. The highest BCUT2D eigenvalue weighted by molar-refractivity contribution is 6.55. The Morgan fingerprint density at radius 3 is 2.12 bits per heavy atom. The first-order valence-corrected chi connectivity index (χ1v) is 7.21. The summed E-state index contributed by atoms with van der Waals surface area (Å²) in [6, 6.07) is 10.6. The van der Waals surface area contributed by atoms with Gasteiger partial charge >= 0.3 is 0 Å². The number of benzene rings is 2. The quantitative estimate of drug-likeness (QED) is 0.260. The third-order valence-electron chi connectivity index (χ3n) is 3.38. The van der Waals surface area contributed by atoms with Crippen molar-refractivity contribution in [3.63, 3.8) is 0 Å². The number of hydrogen-bond acceptors (Lipinski definition) is 5. The monoisotopic (exact) mass is 347 g/mol. The number of rotatable bonds is 6. The van der Waals surface area contributed by atoms with Crippen LogP contribution in [0.4, 0.5) is 5.69 Å². The van der Waals surface area contributed by atoms with Crippen LogP contribution in [0.25, 0.3) is 10.6 Å². The fourth-order valence-corrected chi connectivity index (χ4v) is 2.41. The predicted molar refractivity (Wildman–Crippen MR) is 91.4 cm³/mol. The number of halogens is 1. The number of nitro benzene ring substituents is 1. The first-order valence-electron chi connectivity index (χ1n) is 6.84. The van der Waals surface area contributed by atoms with Crippen LogP contribution >= 0.6 is 11.6 Å². The minimum Gasteiger partial charge on any atom is -0.493 e. The molecule has 0 aliphatic carbocycles. The number of carbonyl (C=O) groups is 1. The van der Waals surface area contributed by atoms with Gasteiger partial charge in [-0.25, -0.2) is 0 Å². The minimum absolute atomic E-state index is 0.0637. The van der Waals surface area contributed by atoms with E-state index < -0.39 is 4.92 Å². The third kappa shape index (κ3) is 3.55. The lowest BCUT2D eigenvalue weighted by molar-refractivity contribution is -0.384. The van der Waals surface area contributed by atoms with Gasteiger partial charge in [-0.2, -0.15) is 0 Å². The number of hydrogen-bond donors (Lipinski definition) is 0. The average Bonchev–Trinajstić information content (AvgIpc) is 2.62. The number of nitro groups is 1. The molecular weight excluding hydrogens is 334 g/mol. The molecule has 2 aromatic carbocycles. The first-order chi connectivity index (χ1) is 11.5. The normalized spacial score (nSPS) is 11.5. The molecule has 2 rings (SSSR count). The minimum atomic E-state index is -0.510. The van der Waals surface area contributed by atoms with Crippen LogP contribution in [0, 0.1) is 10.1 Å². The van der Waals surface area contributed by atoms with Crippen LogP contribution in [0.3, 0.4) is 0 Å². The lowest BCUT2D eigenvalue weighted by Crippen LogP contribution is -1.94. The van der Waals surface area contributed by atoms with Crippen LogP contribution in [0.2, 0.25) is 0 Å². The Balaban J connectivity index is 2.50. The average molecular weight is 348 g/mol. The predicted octanol–water partition coefficient (Wildman–Crippen LogP) is 3.92. The second-order valence-corrected chi connectivity index (χ2v) is 5.10. The van der Waals surface area contributed by atoms with Crippen LogP contribution in [0.5, 0.6) is 11.5 Å². The number of methoxy groups -OCH3 is 2. The largest absolute Gasteiger partial charge is 0.493 e. The molecule has 0 radical (unpaired) electrons. The van der Waals surface area contributed by atoms with Crippen molar-refractivity contribution < 1.29 is 19.2 Å². The molecule has 7 heteroatoms. The van der Waals surface area contributed by atoms with Crippen LogP contribution in [-0.4, -0.2) is 25.4 Å². The summed E-state index contributed by atoms with van der Waals surface area (Å²) in [4.78, 5) is 21.7. The van der Waals surface area contributed by atoms with E-state index in [1.54, 1.807) is 18.2 Å². The molecule has 0 fully saturated rings. The number of ether oxygens (including phenoxy) is 2. The van der Waals surface area contributed by atoms with Gasteiger partial charge < -0.3 is 9.47 Å². The summed E-state index contributed by atoms with van der Waals surface area (Å²) in [5.74, 6) is 1.01. The Bertz CT molecular complexity index is 799. The Morgan fingerprint density at radius 1 is 1.04 bits per heavy atom. The fourth-order valence-electron chi connectivity index (χ4n) is 2.14. The number of non-ortho nitro benzene ring substituents is 1. The van der Waals surface area contributed by atoms with Crippen molar-refractivity contribution in [2.75, 3.05) is 14.2 Å². The number of nitrogens with zero attached hydrogens (tertiary/aromatic N) is 1. The highest BCUT2D eigenvalue weighted by Crippen LogP contribution is 2.35. The number of carbonyl (C=O) groups excluding carboxylic acids is 1. The molecule has 24 heavy (non-hydrogen) atoms. The first kappa shape index (κ1) is 17.5. The Kier molecular flexibility index (Phi) is 5.55. The van der Waals surface area contributed by atoms with Gasteiger partial charge in [-0.3, -0.25) is 14.9 Å². The van der Waals surface area contributed by atoms with Gasteiger partial charge in [0.2, 0.25) is 0 Å². The molecule has 6 nitrogen and oxygen atoms in total. The van der Waals surface area contributed by atoms with Crippen molar-refractivity contribution in [3.8, 4) is 11.5 Å². The molecule has 0 heterocycles. The Morgan fingerprint density at radius 2 is 1.62 bits per heavy atom. The summed E-state index contributed by atoms with van der Waals surface area (Å²) in [6.07, 6.45) is 0.611. The van der Waals surface area contributed by atoms with Crippen LogP contribution in [0.15, 0.2) is 42.5 Å². The van der Waals surface area contributed by atoms with Crippen LogP contribution < -0.4 is 9.47 Å². The standard InChI is InChI=1S/C17H14ClNO5/c1-23-15-8-5-12(9-16(15)24-2)17(18)14(10-20)11-3-6-13(7-4-11)19(21)22/h3-10H,1-2H3. The summed E-state index contributed by atoms with van der Waals surface area (Å²) in [6.45, 7) is 0. The van der Waals surface area contributed by atoms with E-state index in [0.29, 0.717) is 28.9 Å². The molecule has 0 aromatic heterocycles. The summed E-state index contributed by atoms with van der Waals surface area (Å²) >= 11 is 6.35. The summed E-state index contributed by atoms with van der Waals surface area (Å²) in [7, 11) is 3.01. The van der Waals surface area contributed by atoms with E-state index in [-0.39, 0.29) is 16.3 Å². The lowest BCUT2D eigenvalue weighted by Gasteiger charge is -2.10. The SMILES string of the molecule is COc1ccc(C(Cl)=C(C=O)c2ccc([N+](=O)[O-])cc2)cc1OC. The maximum absolute atomic E-state index is 11.5. The second-order valence-electron chi connectivity index (χ2n) is 4.72. The third-order valence-corrected chi connectivity index (χ3v) is 3.80. The maximum atomic E-state index is 11.5. The fraction of sp³-hybridized carbons (Fsp3) is 0.118. The van der Waals surface area contributed by atoms with Gasteiger partial charge in [-0.1, -0.05) is 11.6 Å². The molecule has 0 aliphatic heterocycles. The van der Waals surface area contributed by atoms with E-state index in [9.17, 15) is 14.9 Å². The van der Waals surface area contributed by atoms with E-state index >= 15 is 0 Å². The Labute approximate surface area is 143 Å². The van der Waals surface area contributed by atoms with Crippen molar-refractivity contribution in [1.29, 1.82) is 0 Å². The van der Waals surface area contributed by atoms with Gasteiger partial charge in [-0.15, -0.1) is 0 Å². The van der Waals surface area contributed by atoms with Crippen molar-refractivity contribution >= 4 is 34.2 Å². The van der Waals surface area contributed by atoms with Gasteiger partial charge in [-0.05, 0) is 41.5 Å². The van der Waals surface area contributed by atoms with Crippen molar-refractivity contribution in [3.05, 3.63) is 63.7 Å². The molecule has 2 aromatic rings. The van der Waals surface area contributed by atoms with Crippen LogP contribution in [0.1, 0.15) is 11.1 Å². The van der Waals surface area contributed by atoms with Crippen molar-refractivity contribution in [1.82, 2.24) is 0 Å². The number of allylic oxidation sites excluding steroid dienone is 1. The zero-order chi connectivity index (χ0) is 17.7. The Hall–Kier alpha value is -2.86. The summed E-state index contributed by atoms with van der Waals surface area (Å²) in [5, 5.41) is 10.9. The van der Waals surface area contributed by atoms with Gasteiger partial charge in [0.1, 0.15) is 0 Å². The van der Waals surface area contributed by atoms with Gasteiger partial charge in [0.15, 0.2) is 17.8 Å². The van der Waals surface area contributed by atoms with E-state index in [1.165, 1.54) is 38.5 Å². The van der Waals surface area contributed by atoms with E-state index in [1.807, 2.05) is 0 Å². The van der Waals surface area contributed by atoms with Gasteiger partial charge in [0, 0.05) is 17.7 Å². The zero-order valence-electron chi connectivity index (χ0n) is 13.0. The highest BCUT2D eigenvalue weighted by atomic mass is 35.5. The van der Waals surface area contributed by atoms with Crippen molar-refractivity contribution in [2.24, 2.45) is 0 Å². The molecule has 0 unspecified atom stereocenters. The molecule has 0 saturated carbocycles. The van der Waals surface area contributed by atoms with E-state index in [2.05, 4.69) is 0 Å². The van der Waals surface area contributed by atoms with E-state index in [0.717, 1.165) is 0 Å². The molecular formula is C17H14ClNO5. The van der Waals surface area contributed by atoms with Crippen molar-refractivity contribution in [2.45, 2.75) is 0 Å². The molecule has 0 saturated heterocycles. The van der Waals surface area contributed by atoms with Gasteiger partial charge in [0.05, 0.1) is 24.2 Å². The molecule has 0 N–H and O–H groups in total. The van der Waals surface area contributed by atoms with E-state index in [4.69, 9.17) is 21.1 Å². The summed E-state index contributed by atoms with van der Waals surface area (Å²) in [5.41, 5.74) is 1.20. The highest BCUT2D eigenvalue weighted by Gasteiger charge is 2.13. The molecule has 0 atom stereocenters. The molecule has 0 amide bonds. The topological polar surface area (TPSA) is 78.7 Å². The van der Waals surface area contributed by atoms with Crippen LogP contribution in [-0.2, 0) is 4.79 Å².